The van der Waals surface area contributed by atoms with Gasteiger partial charge in [0.15, 0.2) is 0 Å². The maximum atomic E-state index is 10.6. The van der Waals surface area contributed by atoms with Crippen LogP contribution in [0.25, 0.3) is 0 Å². The Kier molecular flexibility index (Phi) is 2.41. The Bertz CT molecular complexity index is 165. The lowest BCUT2D eigenvalue weighted by Gasteiger charge is -2.09. The third kappa shape index (κ3) is 1.82. The third-order valence-electron chi connectivity index (χ3n) is 1.69. The number of likely N-dealkylation sites (tertiary alicyclic amines) is 1. The molecule has 0 bridgehead atoms. The Morgan fingerprint density at radius 3 is 2.60 bits per heavy atom. The molecule has 1 aliphatic heterocycles. The third-order valence-corrected chi connectivity index (χ3v) is 1.69. The maximum absolute atomic E-state index is 10.6. The molecule has 0 saturated carbocycles. The predicted molar refractivity (Wildman–Crippen MR) is 36.3 cm³/mol. The van der Waals surface area contributed by atoms with E-state index < -0.39 is 0 Å². The molecule has 1 heterocycles. The van der Waals surface area contributed by atoms with E-state index in [2.05, 4.69) is 0 Å². The minimum atomic E-state index is -0.318. The topological polar surface area (TPSA) is 44.1 Å². The van der Waals surface area contributed by atoms with Gasteiger partial charge < -0.3 is 0 Å². The molecule has 0 aromatic heterocycles. The van der Waals surface area contributed by atoms with Crippen molar-refractivity contribution in [3.63, 3.8) is 0 Å². The molecule has 0 aliphatic carbocycles. The molecule has 0 atom stereocenters. The maximum Gasteiger partial charge on any atom is 0.245 e. The van der Waals surface area contributed by atoms with Gasteiger partial charge in [-0.25, -0.2) is 0 Å². The summed E-state index contributed by atoms with van der Waals surface area (Å²) in [6.07, 6.45) is 2.33. The average Bonchev–Trinajstić information content (AvgIpc) is 2.40. The van der Waals surface area contributed by atoms with Crippen molar-refractivity contribution in [3.8, 4) is 6.07 Å². The Morgan fingerprint density at radius 1 is 1.50 bits per heavy atom. The van der Waals surface area contributed by atoms with E-state index in [4.69, 9.17) is 5.26 Å². The smallest absolute Gasteiger partial charge is 0.245 e. The highest BCUT2D eigenvalue weighted by molar-refractivity contribution is 5.94. The molecule has 0 aromatic rings. The summed E-state index contributed by atoms with van der Waals surface area (Å²) >= 11 is 0. The van der Waals surface area contributed by atoms with Gasteiger partial charge in [-0.3, -0.25) is 9.69 Å². The lowest BCUT2D eigenvalue weighted by atomic mass is 10.4. The van der Waals surface area contributed by atoms with Gasteiger partial charge in [0.05, 0.1) is 6.54 Å². The summed E-state index contributed by atoms with van der Waals surface area (Å²) in [6, 6.07) is 1.61. The number of rotatable bonds is 2. The van der Waals surface area contributed by atoms with Gasteiger partial charge in [0, 0.05) is 0 Å². The summed E-state index contributed by atoms with van der Waals surface area (Å²) in [5.41, 5.74) is 0. The highest BCUT2D eigenvalue weighted by atomic mass is 16.1. The van der Waals surface area contributed by atoms with Crippen LogP contribution in [-0.2, 0) is 4.79 Å². The largest absolute Gasteiger partial charge is 0.295 e. The van der Waals surface area contributed by atoms with Crippen molar-refractivity contribution in [1.29, 1.82) is 5.26 Å². The molecule has 0 aromatic carbocycles. The Labute approximate surface area is 60.2 Å². The van der Waals surface area contributed by atoms with Crippen LogP contribution in [0.3, 0.4) is 0 Å². The zero-order valence-corrected chi connectivity index (χ0v) is 5.84. The summed E-state index contributed by atoms with van der Waals surface area (Å²) in [5.74, 6) is -0.318. The zero-order valence-electron chi connectivity index (χ0n) is 5.84. The number of carbonyl (C=O) groups excluding carboxylic acids is 1. The number of hydrogen-bond acceptors (Lipinski definition) is 3. The van der Waals surface area contributed by atoms with Gasteiger partial charge in [-0.2, -0.15) is 5.26 Å². The molecule has 54 valence electrons. The van der Waals surface area contributed by atoms with Crippen LogP contribution in [0.1, 0.15) is 12.8 Å². The molecule has 0 unspecified atom stereocenters. The fourth-order valence-corrected chi connectivity index (χ4v) is 1.18. The molecule has 0 radical (unpaired) electrons. The van der Waals surface area contributed by atoms with E-state index in [1.165, 1.54) is 12.8 Å². The lowest BCUT2D eigenvalue weighted by Crippen LogP contribution is -2.25. The van der Waals surface area contributed by atoms with Gasteiger partial charge in [-0.1, -0.05) is 0 Å². The number of hydrogen-bond donors (Lipinski definition) is 0. The van der Waals surface area contributed by atoms with Gasteiger partial charge in [0.2, 0.25) is 5.78 Å². The van der Waals surface area contributed by atoms with Gasteiger partial charge in [0.1, 0.15) is 6.07 Å². The van der Waals surface area contributed by atoms with Gasteiger partial charge in [0.25, 0.3) is 0 Å². The average molecular weight is 138 g/mol. The highest BCUT2D eigenvalue weighted by Crippen LogP contribution is 2.05. The van der Waals surface area contributed by atoms with Crippen molar-refractivity contribution in [1.82, 2.24) is 4.90 Å². The standard InChI is InChI=1S/C7H10N2O/c8-5-7(10)6-9-3-1-2-4-9/h1-4,6H2. The van der Waals surface area contributed by atoms with Crippen molar-refractivity contribution in [2.75, 3.05) is 19.6 Å². The molecule has 1 aliphatic rings. The Hall–Kier alpha value is -0.880. The first-order valence-corrected chi connectivity index (χ1v) is 3.48. The van der Waals surface area contributed by atoms with E-state index >= 15 is 0 Å². The fraction of sp³-hybridized carbons (Fsp3) is 0.714. The van der Waals surface area contributed by atoms with Gasteiger partial charge in [-0.05, 0) is 25.9 Å². The van der Waals surface area contributed by atoms with Crippen LogP contribution in [0.15, 0.2) is 0 Å². The van der Waals surface area contributed by atoms with Gasteiger partial charge in [-0.15, -0.1) is 0 Å². The summed E-state index contributed by atoms with van der Waals surface area (Å²) in [7, 11) is 0. The number of ketones is 1. The minimum Gasteiger partial charge on any atom is -0.295 e. The molecular weight excluding hydrogens is 128 g/mol. The Balaban J connectivity index is 2.25. The molecule has 10 heavy (non-hydrogen) atoms. The van der Waals surface area contributed by atoms with Crippen LogP contribution in [0.4, 0.5) is 0 Å². The van der Waals surface area contributed by atoms with E-state index in [0.29, 0.717) is 6.54 Å². The van der Waals surface area contributed by atoms with E-state index in [1.54, 1.807) is 6.07 Å². The monoisotopic (exact) mass is 138 g/mol. The fourth-order valence-electron chi connectivity index (χ4n) is 1.18. The van der Waals surface area contributed by atoms with E-state index in [-0.39, 0.29) is 5.78 Å². The number of Topliss-reactive ketones (excluding diaryl/α,β-unsaturated/α-hetero) is 1. The zero-order chi connectivity index (χ0) is 7.40. The van der Waals surface area contributed by atoms with Gasteiger partial charge >= 0.3 is 0 Å². The van der Waals surface area contributed by atoms with Crippen LogP contribution in [-0.4, -0.2) is 30.3 Å². The summed E-state index contributed by atoms with van der Waals surface area (Å²) in [5, 5.41) is 8.17. The number of carbonyl (C=O) groups is 1. The highest BCUT2D eigenvalue weighted by Gasteiger charge is 2.13. The summed E-state index contributed by atoms with van der Waals surface area (Å²) in [4.78, 5) is 12.6. The van der Waals surface area contributed by atoms with E-state index in [1.807, 2.05) is 4.90 Å². The summed E-state index contributed by atoms with van der Waals surface area (Å²) < 4.78 is 0. The normalized spacial score (nSPS) is 18.7. The van der Waals surface area contributed by atoms with Crippen LogP contribution in [0, 0.1) is 11.3 Å². The minimum absolute atomic E-state index is 0.318. The molecule has 0 amide bonds. The first-order valence-electron chi connectivity index (χ1n) is 3.48. The molecule has 3 nitrogen and oxygen atoms in total. The van der Waals surface area contributed by atoms with Crippen molar-refractivity contribution in [3.05, 3.63) is 0 Å². The van der Waals surface area contributed by atoms with Crippen LogP contribution in [0.2, 0.25) is 0 Å². The molecular formula is C7H10N2O. The SMILES string of the molecule is N#CC(=O)CN1CCCC1. The molecule has 1 rings (SSSR count). The Morgan fingerprint density at radius 2 is 2.10 bits per heavy atom. The summed E-state index contributed by atoms with van der Waals surface area (Å²) in [6.45, 7) is 2.29. The number of nitriles is 1. The first-order chi connectivity index (χ1) is 4.83. The van der Waals surface area contributed by atoms with Crippen LogP contribution >= 0.6 is 0 Å². The van der Waals surface area contributed by atoms with Crippen LogP contribution < -0.4 is 0 Å². The van der Waals surface area contributed by atoms with Crippen LogP contribution in [0.5, 0.6) is 0 Å². The molecule has 0 spiro atoms. The van der Waals surface area contributed by atoms with E-state index in [0.717, 1.165) is 13.1 Å². The van der Waals surface area contributed by atoms with Crippen molar-refractivity contribution < 1.29 is 4.79 Å². The second kappa shape index (κ2) is 3.33. The lowest BCUT2D eigenvalue weighted by molar-refractivity contribution is -0.114. The molecule has 0 N–H and O–H groups in total. The predicted octanol–water partition coefficient (Wildman–Crippen LogP) is 0.175. The molecule has 3 heteroatoms. The molecule has 1 fully saturated rings. The number of nitrogens with zero attached hydrogens (tertiary/aromatic N) is 2. The van der Waals surface area contributed by atoms with Crippen molar-refractivity contribution >= 4 is 5.78 Å². The van der Waals surface area contributed by atoms with Crippen molar-refractivity contribution in [2.45, 2.75) is 12.8 Å². The first kappa shape index (κ1) is 7.23. The van der Waals surface area contributed by atoms with Crippen molar-refractivity contribution in [2.24, 2.45) is 0 Å². The quantitative estimate of drug-likeness (QED) is 0.511. The molecule has 1 saturated heterocycles. The second-order valence-corrected chi connectivity index (χ2v) is 2.52. The van der Waals surface area contributed by atoms with E-state index in [9.17, 15) is 4.79 Å². The second-order valence-electron chi connectivity index (χ2n) is 2.52.